The molecule has 0 saturated heterocycles. The number of nitrogens with zero attached hydrogens (tertiary/aromatic N) is 3. The number of rotatable bonds is 6. The maximum Gasteiger partial charge on any atom is 0.343 e. The number of aryl methyl sites for hydroxylation is 1. The summed E-state index contributed by atoms with van der Waals surface area (Å²) in [6, 6.07) is 5.63. The fraction of sp³-hybridized carbons (Fsp3) is 0.444. The Morgan fingerprint density at radius 1 is 1.11 bits per heavy atom. The summed E-state index contributed by atoms with van der Waals surface area (Å²) >= 11 is 0. The van der Waals surface area contributed by atoms with Gasteiger partial charge in [0.15, 0.2) is 17.1 Å². The molecule has 0 bridgehead atoms. The van der Waals surface area contributed by atoms with E-state index in [1.165, 1.54) is 0 Å². The minimum absolute atomic E-state index is 0.111. The third kappa shape index (κ3) is 3.26. The first-order valence-corrected chi connectivity index (χ1v) is 12.5. The molecule has 3 aliphatic rings. The van der Waals surface area contributed by atoms with E-state index in [9.17, 15) is 14.7 Å². The first-order chi connectivity index (χ1) is 17.4. The molecule has 0 spiro atoms. The van der Waals surface area contributed by atoms with Gasteiger partial charge in [0.25, 0.3) is 5.56 Å². The van der Waals surface area contributed by atoms with Crippen molar-refractivity contribution in [1.29, 1.82) is 0 Å². The summed E-state index contributed by atoms with van der Waals surface area (Å²) in [5.41, 5.74) is 2.76. The number of aromatic nitrogens is 2. The smallest absolute Gasteiger partial charge is 0.343 e. The van der Waals surface area contributed by atoms with Crippen LogP contribution in [0.2, 0.25) is 0 Å². The van der Waals surface area contributed by atoms with E-state index < -0.39 is 11.6 Å². The molecule has 0 aliphatic carbocycles. The molecule has 2 aromatic heterocycles. The van der Waals surface area contributed by atoms with Gasteiger partial charge in [-0.25, -0.2) is 9.78 Å². The third-order valence-electron chi connectivity index (χ3n) is 7.81. The van der Waals surface area contributed by atoms with Crippen molar-refractivity contribution in [3.8, 4) is 22.9 Å². The lowest BCUT2D eigenvalue weighted by atomic mass is 9.86. The molecule has 0 amide bonds. The van der Waals surface area contributed by atoms with Gasteiger partial charge in [0, 0.05) is 22.6 Å². The Labute approximate surface area is 208 Å². The molecule has 0 unspecified atom stereocenters. The highest BCUT2D eigenvalue weighted by molar-refractivity contribution is 5.91. The zero-order valence-electron chi connectivity index (χ0n) is 20.7. The fourth-order valence-electron chi connectivity index (χ4n) is 5.52. The van der Waals surface area contributed by atoms with Gasteiger partial charge < -0.3 is 28.8 Å². The highest BCUT2D eigenvalue weighted by Crippen LogP contribution is 2.43. The molecule has 3 aromatic rings. The van der Waals surface area contributed by atoms with Crippen LogP contribution in [0.4, 0.5) is 0 Å². The van der Waals surface area contributed by atoms with E-state index in [4.69, 9.17) is 19.2 Å². The minimum atomic E-state index is -1.85. The Kier molecular flexibility index (Phi) is 5.31. The monoisotopic (exact) mass is 491 g/mol. The van der Waals surface area contributed by atoms with Crippen LogP contribution < -0.4 is 15.0 Å². The van der Waals surface area contributed by atoms with Crippen LogP contribution in [-0.4, -0.2) is 52.5 Å². The van der Waals surface area contributed by atoms with Crippen molar-refractivity contribution >= 4 is 16.9 Å². The van der Waals surface area contributed by atoms with Gasteiger partial charge in [-0.3, -0.25) is 4.79 Å². The molecule has 1 atom stereocenters. The Morgan fingerprint density at radius 2 is 1.89 bits per heavy atom. The van der Waals surface area contributed by atoms with Crippen molar-refractivity contribution in [2.45, 2.75) is 51.9 Å². The second kappa shape index (κ2) is 8.31. The summed E-state index contributed by atoms with van der Waals surface area (Å²) < 4.78 is 18.1. The van der Waals surface area contributed by atoms with Crippen molar-refractivity contribution in [1.82, 2.24) is 14.5 Å². The zero-order chi connectivity index (χ0) is 25.2. The predicted molar refractivity (Wildman–Crippen MR) is 132 cm³/mol. The average molecular weight is 492 g/mol. The van der Waals surface area contributed by atoms with Gasteiger partial charge in [-0.2, -0.15) is 0 Å². The van der Waals surface area contributed by atoms with Crippen LogP contribution in [0.25, 0.3) is 22.3 Å². The van der Waals surface area contributed by atoms with E-state index >= 15 is 0 Å². The molecule has 3 aliphatic heterocycles. The van der Waals surface area contributed by atoms with Gasteiger partial charge in [-0.1, -0.05) is 13.8 Å². The van der Waals surface area contributed by atoms with Crippen molar-refractivity contribution < 1.29 is 24.1 Å². The van der Waals surface area contributed by atoms with Gasteiger partial charge in [0.05, 0.1) is 29.0 Å². The molecule has 0 radical (unpaired) electrons. The number of carbonyl (C=O) groups excluding carboxylic acids is 1. The average Bonchev–Trinajstić information content (AvgIpc) is 3.49. The van der Waals surface area contributed by atoms with Crippen molar-refractivity contribution in [2.75, 3.05) is 26.9 Å². The quantitative estimate of drug-likeness (QED) is 0.411. The summed E-state index contributed by atoms with van der Waals surface area (Å²) in [4.78, 5) is 33.3. The van der Waals surface area contributed by atoms with Crippen molar-refractivity contribution in [2.24, 2.45) is 0 Å². The lowest BCUT2D eigenvalue weighted by molar-refractivity contribution is -0.172. The number of cyclic esters (lactones) is 1. The van der Waals surface area contributed by atoms with Gasteiger partial charge >= 0.3 is 5.97 Å². The molecule has 36 heavy (non-hydrogen) atoms. The number of hydrogen-bond donors (Lipinski definition) is 1. The second-order valence-corrected chi connectivity index (χ2v) is 9.74. The largest absolute Gasteiger partial charge is 0.458 e. The van der Waals surface area contributed by atoms with Crippen LogP contribution in [0.1, 0.15) is 48.9 Å². The van der Waals surface area contributed by atoms with Gasteiger partial charge in [-0.05, 0) is 57.1 Å². The summed E-state index contributed by atoms with van der Waals surface area (Å²) in [5, 5.41) is 12.1. The number of ether oxygens (including phenoxy) is 3. The SMILES string of the molecule is CCN(C)CCCc1c2c(nc3cc4c(cc13)OCO4)-c1cc3c(c(=O)n1C2)COC(=O)[C@]3(O)CC. The predicted octanol–water partition coefficient (Wildman–Crippen LogP) is 2.69. The van der Waals surface area contributed by atoms with E-state index in [0.717, 1.165) is 48.0 Å². The van der Waals surface area contributed by atoms with Crippen molar-refractivity contribution in [3.63, 3.8) is 0 Å². The zero-order valence-corrected chi connectivity index (χ0v) is 20.7. The number of carbonyl (C=O) groups is 1. The van der Waals surface area contributed by atoms with Crippen molar-refractivity contribution in [3.05, 3.63) is 50.8 Å². The lowest BCUT2D eigenvalue weighted by Crippen LogP contribution is -2.44. The Balaban J connectivity index is 1.55. The van der Waals surface area contributed by atoms with E-state index in [1.54, 1.807) is 17.6 Å². The molecule has 1 aromatic carbocycles. The standard InChI is InChI=1S/C27H29N3O6/c1-4-27(33)19-10-21-24-17(12-30(21)25(31)18(19)13-34-26(27)32)15(7-6-8-29(3)5-2)16-9-22-23(36-14-35-22)11-20(16)28-24/h9-11,33H,4-8,12-14H2,1-3H3/t27-/m0/s1. The summed E-state index contributed by atoms with van der Waals surface area (Å²) in [5.74, 6) is 0.624. The van der Waals surface area contributed by atoms with Crippen LogP contribution in [0, 0.1) is 0 Å². The number of esters is 1. The Morgan fingerprint density at radius 3 is 2.64 bits per heavy atom. The topological polar surface area (TPSA) is 103 Å². The van der Waals surface area contributed by atoms with Crippen LogP contribution in [0.5, 0.6) is 11.5 Å². The highest BCUT2D eigenvalue weighted by atomic mass is 16.7. The molecule has 188 valence electrons. The maximum atomic E-state index is 13.6. The number of pyridine rings is 2. The summed E-state index contributed by atoms with van der Waals surface area (Å²) in [6.45, 7) is 6.18. The summed E-state index contributed by atoms with van der Waals surface area (Å²) in [6.07, 6.45) is 1.87. The normalized spacial score (nSPS) is 19.4. The number of fused-ring (bicyclic) bond motifs is 6. The summed E-state index contributed by atoms with van der Waals surface area (Å²) in [7, 11) is 2.10. The highest BCUT2D eigenvalue weighted by Gasteiger charge is 2.45. The number of benzene rings is 1. The molecule has 6 rings (SSSR count). The number of hydrogen-bond acceptors (Lipinski definition) is 8. The molecule has 1 N–H and O–H groups in total. The van der Waals surface area contributed by atoms with Crippen LogP contribution in [-0.2, 0) is 34.7 Å². The molecule has 0 fully saturated rings. The van der Waals surface area contributed by atoms with E-state index in [2.05, 4.69) is 18.9 Å². The fourth-order valence-corrected chi connectivity index (χ4v) is 5.52. The molecular weight excluding hydrogens is 462 g/mol. The van der Waals surface area contributed by atoms with Crippen LogP contribution in [0.3, 0.4) is 0 Å². The van der Waals surface area contributed by atoms with E-state index in [1.807, 2.05) is 12.1 Å². The van der Waals surface area contributed by atoms with Gasteiger partial charge in [0.2, 0.25) is 6.79 Å². The molecule has 5 heterocycles. The Hall–Kier alpha value is -3.43. The van der Waals surface area contributed by atoms with Crippen LogP contribution >= 0.6 is 0 Å². The first-order valence-electron chi connectivity index (χ1n) is 12.5. The second-order valence-electron chi connectivity index (χ2n) is 9.74. The number of aliphatic hydroxyl groups is 1. The van der Waals surface area contributed by atoms with Gasteiger partial charge in [-0.15, -0.1) is 0 Å². The molecule has 9 nitrogen and oxygen atoms in total. The van der Waals surface area contributed by atoms with Crippen LogP contribution in [0.15, 0.2) is 23.0 Å². The van der Waals surface area contributed by atoms with Gasteiger partial charge in [0.1, 0.15) is 6.61 Å². The molecule has 0 saturated carbocycles. The first kappa shape index (κ1) is 23.0. The molecular formula is C27H29N3O6. The molecule has 9 heteroatoms. The minimum Gasteiger partial charge on any atom is -0.458 e. The lowest BCUT2D eigenvalue weighted by Gasteiger charge is -2.31. The van der Waals surface area contributed by atoms with E-state index in [-0.39, 0.29) is 25.4 Å². The van der Waals surface area contributed by atoms with E-state index in [0.29, 0.717) is 40.6 Å². The third-order valence-corrected chi connectivity index (χ3v) is 7.81. The maximum absolute atomic E-state index is 13.6. The Bertz CT molecular complexity index is 1480.